The number of nitro benzene ring substituents is 1. The van der Waals surface area contributed by atoms with E-state index in [1.165, 1.54) is 21.3 Å². The molecule has 1 aromatic heterocycles. The number of aromatic nitrogens is 2. The van der Waals surface area contributed by atoms with Gasteiger partial charge in [-0.3, -0.25) is 14.7 Å². The van der Waals surface area contributed by atoms with Crippen LogP contribution in [0.15, 0.2) is 35.4 Å². The molecule has 0 atom stereocenters. The number of nitrogens with zero attached hydrogens (tertiary/aromatic N) is 3. The molecule has 1 heterocycles. The van der Waals surface area contributed by atoms with Gasteiger partial charge in [0.2, 0.25) is 0 Å². The third-order valence-corrected chi connectivity index (χ3v) is 2.52. The van der Waals surface area contributed by atoms with Crippen LogP contribution < -0.4 is 5.69 Å². The lowest BCUT2D eigenvalue weighted by molar-refractivity contribution is -0.385. The van der Waals surface area contributed by atoms with Crippen molar-refractivity contribution in [1.82, 2.24) is 9.13 Å². The summed E-state index contributed by atoms with van der Waals surface area (Å²) in [7, 11) is 1.59. The van der Waals surface area contributed by atoms with Crippen molar-refractivity contribution in [3.05, 3.63) is 62.6 Å². The quantitative estimate of drug-likeness (QED) is 0.609. The topological polar surface area (TPSA) is 70.1 Å². The highest BCUT2D eigenvalue weighted by Crippen LogP contribution is 2.16. The van der Waals surface area contributed by atoms with Crippen LogP contribution in [-0.4, -0.2) is 14.1 Å². The van der Waals surface area contributed by atoms with Crippen molar-refractivity contribution in [3.63, 3.8) is 0 Å². The fraction of sp³-hybridized carbons (Fsp3) is 0.182. The van der Waals surface area contributed by atoms with Crippen LogP contribution in [0.25, 0.3) is 0 Å². The molecule has 18 heavy (non-hydrogen) atoms. The summed E-state index contributed by atoms with van der Waals surface area (Å²) in [6, 6.07) is 3.27. The smallest absolute Gasteiger partial charge is 0.302 e. The zero-order valence-corrected chi connectivity index (χ0v) is 9.54. The predicted molar refractivity (Wildman–Crippen MR) is 61.8 cm³/mol. The van der Waals surface area contributed by atoms with Gasteiger partial charge in [-0.05, 0) is 11.6 Å². The zero-order valence-electron chi connectivity index (χ0n) is 9.54. The molecule has 0 saturated carbocycles. The van der Waals surface area contributed by atoms with Gasteiger partial charge in [-0.2, -0.15) is 0 Å². The highest BCUT2D eigenvalue weighted by molar-refractivity contribution is 5.35. The first-order valence-electron chi connectivity index (χ1n) is 5.13. The van der Waals surface area contributed by atoms with Gasteiger partial charge in [-0.15, -0.1) is 0 Å². The summed E-state index contributed by atoms with van der Waals surface area (Å²) in [5.74, 6) is -0.691. The molecule has 2 aromatic rings. The summed E-state index contributed by atoms with van der Waals surface area (Å²) in [5, 5.41) is 10.6. The number of imidazole rings is 1. The number of rotatable bonds is 3. The highest BCUT2D eigenvalue weighted by atomic mass is 19.1. The SMILES string of the molecule is Cn1ccn(Cc2cc(F)cc([N+](=O)[O-])c2)c1=O. The molecular formula is C11H10FN3O3. The van der Waals surface area contributed by atoms with E-state index in [1.54, 1.807) is 19.4 Å². The van der Waals surface area contributed by atoms with E-state index in [1.807, 2.05) is 0 Å². The van der Waals surface area contributed by atoms with Gasteiger partial charge < -0.3 is 4.57 Å². The third-order valence-electron chi connectivity index (χ3n) is 2.52. The van der Waals surface area contributed by atoms with Crippen LogP contribution in [0.3, 0.4) is 0 Å². The van der Waals surface area contributed by atoms with Crippen molar-refractivity contribution in [3.8, 4) is 0 Å². The molecule has 0 aliphatic heterocycles. The number of halogens is 1. The molecule has 0 N–H and O–H groups in total. The average Bonchev–Trinajstić information content (AvgIpc) is 2.60. The Kier molecular flexibility index (Phi) is 2.97. The molecule has 0 spiro atoms. The van der Waals surface area contributed by atoms with Crippen LogP contribution in [-0.2, 0) is 13.6 Å². The van der Waals surface area contributed by atoms with Crippen molar-refractivity contribution in [2.75, 3.05) is 0 Å². The summed E-state index contributed by atoms with van der Waals surface area (Å²) in [6.07, 6.45) is 3.11. The monoisotopic (exact) mass is 251 g/mol. The molecule has 0 amide bonds. The molecule has 0 unspecified atom stereocenters. The van der Waals surface area contributed by atoms with Crippen LogP contribution in [0.5, 0.6) is 0 Å². The number of hydrogen-bond acceptors (Lipinski definition) is 3. The summed E-state index contributed by atoms with van der Waals surface area (Å²) < 4.78 is 15.9. The van der Waals surface area contributed by atoms with Crippen molar-refractivity contribution < 1.29 is 9.31 Å². The molecule has 6 nitrogen and oxygen atoms in total. The number of nitro groups is 1. The van der Waals surface area contributed by atoms with Crippen LogP contribution in [0.2, 0.25) is 0 Å². The lowest BCUT2D eigenvalue weighted by Gasteiger charge is -2.02. The van der Waals surface area contributed by atoms with E-state index >= 15 is 0 Å². The molecule has 1 aromatic carbocycles. The Bertz CT molecular complexity index is 660. The van der Waals surface area contributed by atoms with Crippen LogP contribution in [0.4, 0.5) is 10.1 Å². The summed E-state index contributed by atoms with van der Waals surface area (Å²) in [6.45, 7) is 0.0955. The number of aryl methyl sites for hydroxylation is 1. The van der Waals surface area contributed by atoms with E-state index in [4.69, 9.17) is 0 Å². The van der Waals surface area contributed by atoms with Gasteiger partial charge in [-0.1, -0.05) is 0 Å². The van der Waals surface area contributed by atoms with E-state index in [-0.39, 0.29) is 17.9 Å². The molecule has 0 saturated heterocycles. The number of hydrogen-bond donors (Lipinski definition) is 0. The Morgan fingerprint density at radius 1 is 1.33 bits per heavy atom. The minimum Gasteiger partial charge on any atom is -0.302 e. The number of non-ortho nitro benzene ring substituents is 1. The second-order valence-electron chi connectivity index (χ2n) is 3.89. The first-order valence-corrected chi connectivity index (χ1v) is 5.13. The maximum absolute atomic E-state index is 13.2. The maximum Gasteiger partial charge on any atom is 0.328 e. The van der Waals surface area contributed by atoms with Gasteiger partial charge in [-0.25, -0.2) is 9.18 Å². The van der Waals surface area contributed by atoms with Gasteiger partial charge in [0, 0.05) is 25.5 Å². The maximum atomic E-state index is 13.2. The van der Waals surface area contributed by atoms with Crippen LogP contribution in [0, 0.1) is 15.9 Å². The largest absolute Gasteiger partial charge is 0.328 e. The zero-order chi connectivity index (χ0) is 13.3. The normalized spacial score (nSPS) is 10.6. The van der Waals surface area contributed by atoms with E-state index in [2.05, 4.69) is 0 Å². The Morgan fingerprint density at radius 2 is 2.06 bits per heavy atom. The molecular weight excluding hydrogens is 241 g/mol. The summed E-state index contributed by atoms with van der Waals surface area (Å²) in [4.78, 5) is 21.5. The second-order valence-corrected chi connectivity index (χ2v) is 3.89. The predicted octanol–water partition coefficient (Wildman–Crippen LogP) is 1.28. The average molecular weight is 251 g/mol. The molecule has 94 valence electrons. The molecule has 0 fully saturated rings. The molecule has 0 aliphatic rings. The van der Waals surface area contributed by atoms with E-state index in [0.29, 0.717) is 5.56 Å². The van der Waals surface area contributed by atoms with Gasteiger partial charge in [0.15, 0.2) is 0 Å². The first-order chi connectivity index (χ1) is 8.47. The van der Waals surface area contributed by atoms with Crippen molar-refractivity contribution >= 4 is 5.69 Å². The van der Waals surface area contributed by atoms with E-state index < -0.39 is 10.7 Å². The second kappa shape index (κ2) is 4.44. The van der Waals surface area contributed by atoms with Crippen molar-refractivity contribution in [2.45, 2.75) is 6.54 Å². The summed E-state index contributed by atoms with van der Waals surface area (Å²) in [5.41, 5.74) is -0.217. The van der Waals surface area contributed by atoms with Crippen molar-refractivity contribution in [1.29, 1.82) is 0 Å². The van der Waals surface area contributed by atoms with Gasteiger partial charge in [0.1, 0.15) is 5.82 Å². The molecule has 7 heteroatoms. The first kappa shape index (κ1) is 12.0. The Labute approximate surface area is 101 Å². The molecule has 0 radical (unpaired) electrons. The Balaban J connectivity index is 2.37. The Morgan fingerprint density at radius 3 is 2.61 bits per heavy atom. The minimum atomic E-state index is -0.691. The van der Waals surface area contributed by atoms with Gasteiger partial charge in [0.05, 0.1) is 17.5 Å². The third kappa shape index (κ3) is 2.29. The molecule has 2 rings (SSSR count). The minimum absolute atomic E-state index is 0.0955. The van der Waals surface area contributed by atoms with Crippen LogP contribution in [0.1, 0.15) is 5.56 Å². The van der Waals surface area contributed by atoms with Crippen LogP contribution >= 0.6 is 0 Å². The highest BCUT2D eigenvalue weighted by Gasteiger charge is 2.10. The number of benzene rings is 1. The summed E-state index contributed by atoms with van der Waals surface area (Å²) >= 11 is 0. The van der Waals surface area contributed by atoms with E-state index in [0.717, 1.165) is 6.07 Å². The lowest BCUT2D eigenvalue weighted by Crippen LogP contribution is -2.22. The van der Waals surface area contributed by atoms with Gasteiger partial charge >= 0.3 is 5.69 Å². The van der Waals surface area contributed by atoms with Crippen molar-refractivity contribution in [2.24, 2.45) is 7.05 Å². The fourth-order valence-electron chi connectivity index (χ4n) is 1.66. The Hall–Kier alpha value is -2.44. The van der Waals surface area contributed by atoms with Gasteiger partial charge in [0.25, 0.3) is 5.69 Å². The molecule has 0 aliphatic carbocycles. The molecule has 0 bridgehead atoms. The van der Waals surface area contributed by atoms with E-state index in [9.17, 15) is 19.3 Å². The lowest BCUT2D eigenvalue weighted by atomic mass is 10.2. The fourth-order valence-corrected chi connectivity index (χ4v) is 1.66. The standard InChI is InChI=1S/C11H10FN3O3/c1-13-2-3-14(11(13)16)7-8-4-9(12)6-10(5-8)15(17)18/h2-6H,7H2,1H3.